The van der Waals surface area contributed by atoms with E-state index in [2.05, 4.69) is 25.9 Å². The molecule has 5 aromatic rings. The highest BCUT2D eigenvalue weighted by atomic mass is 32.1. The number of urea groups is 1. The highest BCUT2D eigenvalue weighted by molar-refractivity contribution is 7.13. The summed E-state index contributed by atoms with van der Waals surface area (Å²) < 4.78 is 28.5. The van der Waals surface area contributed by atoms with E-state index in [1.165, 1.54) is 0 Å². The molecule has 0 atom stereocenters. The quantitative estimate of drug-likeness (QED) is 0.383. The van der Waals surface area contributed by atoms with E-state index in [1.807, 2.05) is 35.7 Å². The molecule has 0 aliphatic carbocycles. The molecule has 5 rings (SSSR count). The number of aromatic nitrogens is 4. The van der Waals surface area contributed by atoms with Gasteiger partial charge in [-0.1, -0.05) is 18.2 Å². The smallest absolute Gasteiger partial charge is 0.308 e. The average Bonchev–Trinajstić information content (AvgIpc) is 3.45. The van der Waals surface area contributed by atoms with Crippen LogP contribution in [0.5, 0.6) is 0 Å². The summed E-state index contributed by atoms with van der Waals surface area (Å²) >= 11 is 1.54. The molecule has 2 aromatic carbocycles. The first-order valence-corrected chi connectivity index (χ1v) is 10.3. The molecule has 0 saturated carbocycles. The highest BCUT2D eigenvalue weighted by Crippen LogP contribution is 2.26. The number of fused-ring (bicyclic) bond motifs is 1. The second-order valence-electron chi connectivity index (χ2n) is 6.77. The number of hydrogen-bond donors (Lipinski definition) is 2. The van der Waals surface area contributed by atoms with Crippen LogP contribution in [0.2, 0.25) is 0 Å². The van der Waals surface area contributed by atoms with Gasteiger partial charge in [0.15, 0.2) is 11.5 Å². The second-order valence-corrected chi connectivity index (χ2v) is 7.72. The van der Waals surface area contributed by atoms with Crippen LogP contribution in [0, 0.1) is 11.6 Å². The molecule has 10 heteroatoms. The predicted molar refractivity (Wildman–Crippen MR) is 119 cm³/mol. The minimum Gasteiger partial charge on any atom is -0.308 e. The maximum Gasteiger partial charge on any atom is 0.323 e. The first kappa shape index (κ1) is 19.8. The number of nitrogens with one attached hydrogen (secondary N) is 2. The van der Waals surface area contributed by atoms with E-state index in [0.29, 0.717) is 28.9 Å². The molecular weight excluding hydrogens is 434 g/mol. The van der Waals surface area contributed by atoms with Crippen molar-refractivity contribution in [3.8, 4) is 22.0 Å². The van der Waals surface area contributed by atoms with Crippen LogP contribution in [-0.4, -0.2) is 25.8 Å². The fourth-order valence-electron chi connectivity index (χ4n) is 3.13. The third kappa shape index (κ3) is 3.91. The van der Waals surface area contributed by atoms with Crippen LogP contribution in [0.25, 0.3) is 27.6 Å². The van der Waals surface area contributed by atoms with Gasteiger partial charge in [-0.05, 0) is 47.8 Å². The SMILES string of the molecule is O=C(Nc1cccc(-c2ccc3nnc(-c4cccs4)n3n2)c1)Nc1ccc(F)cc1F. The number of amides is 2. The molecule has 3 heterocycles. The number of halogens is 2. The summed E-state index contributed by atoms with van der Waals surface area (Å²) in [5.74, 6) is -0.935. The van der Waals surface area contributed by atoms with Gasteiger partial charge < -0.3 is 10.6 Å². The average molecular weight is 448 g/mol. The van der Waals surface area contributed by atoms with Gasteiger partial charge in [0.25, 0.3) is 0 Å². The lowest BCUT2D eigenvalue weighted by Gasteiger charge is -2.10. The summed E-state index contributed by atoms with van der Waals surface area (Å²) in [6.45, 7) is 0. The van der Waals surface area contributed by atoms with Crippen LogP contribution in [0.1, 0.15) is 0 Å². The Hall–Kier alpha value is -4.18. The molecule has 158 valence electrons. The predicted octanol–water partition coefficient (Wildman–Crippen LogP) is 5.44. The Morgan fingerprint density at radius 3 is 2.66 bits per heavy atom. The zero-order valence-corrected chi connectivity index (χ0v) is 17.1. The first-order chi connectivity index (χ1) is 15.6. The summed E-state index contributed by atoms with van der Waals surface area (Å²) in [6.07, 6.45) is 0. The van der Waals surface area contributed by atoms with E-state index in [4.69, 9.17) is 0 Å². The van der Waals surface area contributed by atoms with Crippen molar-refractivity contribution in [2.45, 2.75) is 0 Å². The topological polar surface area (TPSA) is 84.2 Å². The van der Waals surface area contributed by atoms with Crippen LogP contribution in [0.3, 0.4) is 0 Å². The number of anilines is 2. The molecule has 7 nitrogen and oxygen atoms in total. The summed E-state index contributed by atoms with van der Waals surface area (Å²) in [6, 6.07) is 16.8. The van der Waals surface area contributed by atoms with Crippen LogP contribution < -0.4 is 10.6 Å². The molecular formula is C22H14F2N6OS. The number of carbonyl (C=O) groups excluding carboxylic acids is 1. The zero-order chi connectivity index (χ0) is 22.1. The van der Waals surface area contributed by atoms with Crippen LogP contribution >= 0.6 is 11.3 Å². The van der Waals surface area contributed by atoms with E-state index in [9.17, 15) is 13.6 Å². The molecule has 2 N–H and O–H groups in total. The van der Waals surface area contributed by atoms with Gasteiger partial charge in [-0.25, -0.2) is 13.6 Å². The van der Waals surface area contributed by atoms with Crippen molar-refractivity contribution in [2.75, 3.05) is 10.6 Å². The molecule has 0 radical (unpaired) electrons. The highest BCUT2D eigenvalue weighted by Gasteiger charge is 2.13. The van der Waals surface area contributed by atoms with Gasteiger partial charge in [-0.3, -0.25) is 0 Å². The monoisotopic (exact) mass is 448 g/mol. The van der Waals surface area contributed by atoms with E-state index in [0.717, 1.165) is 22.6 Å². The lowest BCUT2D eigenvalue weighted by Crippen LogP contribution is -2.20. The number of rotatable bonds is 4. The van der Waals surface area contributed by atoms with Crippen LogP contribution in [0.4, 0.5) is 25.0 Å². The summed E-state index contributed by atoms with van der Waals surface area (Å²) in [7, 11) is 0. The third-order valence-corrected chi connectivity index (χ3v) is 5.47. The number of benzene rings is 2. The molecule has 0 aliphatic heterocycles. The number of carbonyl (C=O) groups is 1. The fraction of sp³-hybridized carbons (Fsp3) is 0. The maximum absolute atomic E-state index is 13.8. The van der Waals surface area contributed by atoms with Gasteiger partial charge in [-0.2, -0.15) is 9.61 Å². The Bertz CT molecular complexity index is 1430. The molecule has 0 saturated heterocycles. The van der Waals surface area contributed by atoms with Crippen molar-refractivity contribution in [2.24, 2.45) is 0 Å². The fourth-order valence-corrected chi connectivity index (χ4v) is 3.83. The molecule has 0 fully saturated rings. The Morgan fingerprint density at radius 2 is 1.84 bits per heavy atom. The third-order valence-electron chi connectivity index (χ3n) is 4.60. The second kappa shape index (κ2) is 8.16. The lowest BCUT2D eigenvalue weighted by atomic mass is 10.1. The van der Waals surface area contributed by atoms with Crippen molar-refractivity contribution >= 4 is 34.4 Å². The molecule has 2 amide bonds. The summed E-state index contributed by atoms with van der Waals surface area (Å²) in [5.41, 5.74) is 2.38. The zero-order valence-electron chi connectivity index (χ0n) is 16.3. The van der Waals surface area contributed by atoms with Gasteiger partial charge >= 0.3 is 6.03 Å². The van der Waals surface area contributed by atoms with Crippen molar-refractivity contribution in [1.82, 2.24) is 19.8 Å². The lowest BCUT2D eigenvalue weighted by molar-refractivity contribution is 0.262. The summed E-state index contributed by atoms with van der Waals surface area (Å²) in [5, 5.41) is 20.0. The van der Waals surface area contributed by atoms with Crippen molar-refractivity contribution in [3.05, 3.63) is 83.7 Å². The van der Waals surface area contributed by atoms with E-state index in [-0.39, 0.29) is 5.69 Å². The number of nitrogens with zero attached hydrogens (tertiary/aromatic N) is 4. The van der Waals surface area contributed by atoms with Crippen LogP contribution in [0.15, 0.2) is 72.1 Å². The minimum atomic E-state index is -0.859. The Balaban J connectivity index is 1.39. The minimum absolute atomic E-state index is 0.124. The molecule has 3 aromatic heterocycles. The van der Waals surface area contributed by atoms with Gasteiger partial charge in [0, 0.05) is 17.3 Å². The standard InChI is InChI=1S/C22H14F2N6OS/c23-14-6-7-18(16(24)12-14)26-22(31)25-15-4-1-3-13(11-15)17-8-9-20-27-28-21(30(20)29-17)19-5-2-10-32-19/h1-12H,(H2,25,26,31). The first-order valence-electron chi connectivity index (χ1n) is 9.47. The number of hydrogen-bond acceptors (Lipinski definition) is 5. The normalized spacial score (nSPS) is 10.9. The van der Waals surface area contributed by atoms with Crippen molar-refractivity contribution in [1.29, 1.82) is 0 Å². The van der Waals surface area contributed by atoms with Gasteiger partial charge in [0.1, 0.15) is 11.6 Å². The Kier molecular flexibility index (Phi) is 5.04. The molecule has 32 heavy (non-hydrogen) atoms. The van der Waals surface area contributed by atoms with E-state index in [1.54, 1.807) is 34.1 Å². The molecule has 0 unspecified atom stereocenters. The summed E-state index contributed by atoms with van der Waals surface area (Å²) in [4.78, 5) is 13.2. The van der Waals surface area contributed by atoms with Gasteiger partial charge in [0.05, 0.1) is 16.3 Å². The van der Waals surface area contributed by atoms with E-state index >= 15 is 0 Å². The molecule has 0 aliphatic rings. The van der Waals surface area contributed by atoms with Gasteiger partial charge in [0.2, 0.25) is 0 Å². The van der Waals surface area contributed by atoms with Crippen molar-refractivity contribution < 1.29 is 13.6 Å². The largest absolute Gasteiger partial charge is 0.323 e. The maximum atomic E-state index is 13.8. The Labute approximate surface area is 184 Å². The Morgan fingerprint density at radius 1 is 0.938 bits per heavy atom. The van der Waals surface area contributed by atoms with Crippen LogP contribution in [-0.2, 0) is 0 Å². The number of thiophene rings is 1. The van der Waals surface area contributed by atoms with E-state index < -0.39 is 17.7 Å². The van der Waals surface area contributed by atoms with Crippen molar-refractivity contribution in [3.63, 3.8) is 0 Å². The molecule has 0 bridgehead atoms. The molecule has 0 spiro atoms. The van der Waals surface area contributed by atoms with Gasteiger partial charge in [-0.15, -0.1) is 21.5 Å².